The number of imidazole rings is 1. The Morgan fingerprint density at radius 2 is 1.56 bits per heavy atom. The predicted molar refractivity (Wildman–Crippen MR) is 224 cm³/mol. The molecule has 0 bridgehead atoms. The van der Waals surface area contributed by atoms with Crippen LogP contribution < -0.4 is 4.40 Å². The van der Waals surface area contributed by atoms with Gasteiger partial charge in [-0.15, -0.1) is 18.2 Å². The molecule has 0 aliphatic heterocycles. The maximum absolute atomic E-state index is 6.29. The first kappa shape index (κ1) is 39.3. The van der Waals surface area contributed by atoms with E-state index in [2.05, 4.69) is 134 Å². The van der Waals surface area contributed by atoms with Crippen LogP contribution in [-0.4, -0.2) is 32.8 Å². The monoisotopic (exact) mass is 951 g/mol. The van der Waals surface area contributed by atoms with Gasteiger partial charge in [0.1, 0.15) is 0 Å². The molecule has 0 N–H and O–H groups in total. The van der Waals surface area contributed by atoms with Gasteiger partial charge in [-0.3, -0.25) is 4.98 Å². The van der Waals surface area contributed by atoms with E-state index in [1.165, 1.54) is 28.7 Å². The van der Waals surface area contributed by atoms with Crippen LogP contribution >= 0.6 is 0 Å². The number of aromatic nitrogens is 4. The van der Waals surface area contributed by atoms with Gasteiger partial charge in [-0.25, -0.2) is 4.98 Å². The average molecular weight is 950 g/mol. The molecule has 5 nitrogen and oxygen atoms in total. The van der Waals surface area contributed by atoms with Crippen LogP contribution in [0.5, 0.6) is 0 Å². The summed E-state index contributed by atoms with van der Waals surface area (Å²) in [6, 6.07) is 37.9. The first-order valence-electron chi connectivity index (χ1n) is 18.7. The summed E-state index contributed by atoms with van der Waals surface area (Å²) >= 11 is -1.87. The van der Waals surface area contributed by atoms with Gasteiger partial charge < -0.3 is 8.98 Å². The van der Waals surface area contributed by atoms with E-state index in [0.29, 0.717) is 5.71 Å². The topological polar surface area (TPSA) is 56.7 Å². The van der Waals surface area contributed by atoms with Crippen molar-refractivity contribution in [3.63, 3.8) is 0 Å². The molecule has 4 aromatic carbocycles. The van der Waals surface area contributed by atoms with Crippen LogP contribution in [0.4, 0.5) is 0 Å². The van der Waals surface area contributed by atoms with Crippen molar-refractivity contribution in [2.75, 3.05) is 0 Å². The van der Waals surface area contributed by atoms with Crippen LogP contribution in [-0.2, 0) is 26.5 Å². The van der Waals surface area contributed by atoms with Gasteiger partial charge in [0.2, 0.25) is 5.71 Å². The van der Waals surface area contributed by atoms with E-state index >= 15 is 0 Å². The van der Waals surface area contributed by atoms with Gasteiger partial charge in [-0.05, 0) is 63.1 Å². The number of nitrogens with zero attached hydrogens (tertiary/aromatic N) is 4. The molecule has 0 aliphatic carbocycles. The van der Waals surface area contributed by atoms with Gasteiger partial charge in [-0.1, -0.05) is 40.8 Å². The zero-order valence-electron chi connectivity index (χ0n) is 32.8. The maximum Gasteiger partial charge on any atom is 0.216 e. The van der Waals surface area contributed by atoms with Crippen LogP contribution in [0.2, 0.25) is 17.3 Å². The summed E-state index contributed by atoms with van der Waals surface area (Å²) in [6.07, 6.45) is 4.54. The second kappa shape index (κ2) is 16.2. The second-order valence-corrected chi connectivity index (χ2v) is 26.1. The van der Waals surface area contributed by atoms with Crippen molar-refractivity contribution in [3.8, 4) is 28.3 Å². The number of furan rings is 1. The standard InChI is InChI=1S/C28H22N3O.C19H26GeN.Ir/c1-16-14-17(2)25(18(3)15-16)31-24-11-6-5-10-23(24)30-27(31)22-9-7-8-20-21-13-12-19(4)29-28(21)32-26(20)22;1-6-15(2)12-17-13-19(16-10-8-7-9-11-16)21-14-18(17)20(3,4)5;/h5-8,10-15H,1-4H3;7-10,13-15H,6,12H2,1-5H3;/q2*-1;. The second-order valence-electron chi connectivity index (χ2n) is 15.5. The van der Waals surface area contributed by atoms with Crippen LogP contribution in [0.1, 0.15) is 48.2 Å². The zero-order chi connectivity index (χ0) is 37.4. The number of rotatable bonds is 7. The molecule has 54 heavy (non-hydrogen) atoms. The van der Waals surface area contributed by atoms with Crippen LogP contribution in [0.25, 0.3) is 61.4 Å². The Kier molecular flexibility index (Phi) is 11.8. The van der Waals surface area contributed by atoms with E-state index in [9.17, 15) is 0 Å². The van der Waals surface area contributed by atoms with Crippen molar-refractivity contribution >= 4 is 50.8 Å². The molecule has 4 heterocycles. The Labute approximate surface area is 336 Å². The van der Waals surface area contributed by atoms with E-state index in [0.717, 1.165) is 73.8 Å². The quantitative estimate of drug-likeness (QED) is 0.118. The fourth-order valence-electron chi connectivity index (χ4n) is 7.39. The molecular weight excluding hydrogens is 901 g/mol. The molecule has 8 rings (SSSR count). The molecule has 0 spiro atoms. The molecule has 0 saturated heterocycles. The fraction of sp³-hybridized carbons (Fsp3) is 0.255. The Bertz CT molecular complexity index is 2560. The first-order chi connectivity index (χ1) is 25.4. The minimum Gasteiger partial charge on any atom is -0.486 e. The van der Waals surface area contributed by atoms with Crippen molar-refractivity contribution in [3.05, 3.63) is 137 Å². The van der Waals surface area contributed by atoms with E-state index in [1.807, 2.05) is 43.3 Å². The zero-order valence-corrected chi connectivity index (χ0v) is 37.3. The Morgan fingerprint density at radius 3 is 2.26 bits per heavy atom. The molecule has 8 aromatic rings. The van der Waals surface area contributed by atoms with Crippen LogP contribution in [0.15, 0.2) is 102 Å². The van der Waals surface area contributed by atoms with Crippen molar-refractivity contribution in [2.45, 2.75) is 71.7 Å². The number of pyridine rings is 2. The van der Waals surface area contributed by atoms with Gasteiger partial charge in [0, 0.05) is 36.9 Å². The van der Waals surface area contributed by atoms with Gasteiger partial charge in [0.05, 0.1) is 22.4 Å². The fourth-order valence-corrected chi connectivity index (χ4v) is 10.7. The Hall–Kier alpha value is -4.36. The summed E-state index contributed by atoms with van der Waals surface area (Å²) in [4.78, 5) is 14.4. The molecule has 1 unspecified atom stereocenters. The minimum atomic E-state index is -1.87. The summed E-state index contributed by atoms with van der Waals surface area (Å²) in [7, 11) is 0. The first-order valence-corrected chi connectivity index (χ1v) is 26.0. The van der Waals surface area contributed by atoms with E-state index in [-0.39, 0.29) is 20.1 Å². The molecule has 0 aliphatic rings. The molecule has 1 radical (unpaired) electrons. The van der Waals surface area contributed by atoms with Crippen LogP contribution in [0.3, 0.4) is 0 Å². The van der Waals surface area contributed by atoms with Gasteiger partial charge in [0.25, 0.3) is 0 Å². The smallest absolute Gasteiger partial charge is 0.216 e. The van der Waals surface area contributed by atoms with Crippen molar-refractivity contribution in [1.29, 1.82) is 0 Å². The van der Waals surface area contributed by atoms with Crippen molar-refractivity contribution < 1.29 is 24.5 Å². The van der Waals surface area contributed by atoms with Gasteiger partial charge in [-0.2, -0.15) is 0 Å². The van der Waals surface area contributed by atoms with Crippen molar-refractivity contribution in [1.82, 2.24) is 19.5 Å². The average Bonchev–Trinajstić information content (AvgIpc) is 3.69. The SMILES string of the molecule is CCC(C)Cc1cc(-c2[c-]cccc2)nc[c]1[Ge]([CH3])([CH3])[CH3].Cc1cc(C)c(-n2c(-c3[c-]ccc4c3oc3nc(C)ccc34)nc3ccccc32)c(C)c1.[Ir]. The summed E-state index contributed by atoms with van der Waals surface area (Å²) in [5.41, 5.74) is 13.7. The summed E-state index contributed by atoms with van der Waals surface area (Å²) < 4.78 is 10.1. The van der Waals surface area contributed by atoms with E-state index in [1.54, 1.807) is 4.40 Å². The number of hydrogen-bond donors (Lipinski definition) is 0. The third-order valence-corrected chi connectivity index (χ3v) is 14.5. The maximum atomic E-state index is 6.29. The molecule has 4 aromatic heterocycles. The van der Waals surface area contributed by atoms with Crippen LogP contribution in [0, 0.1) is 45.7 Å². The third-order valence-electron chi connectivity index (χ3n) is 10.1. The molecular formula is C47H48GeIrN4O-2. The third kappa shape index (κ3) is 7.89. The molecule has 0 fully saturated rings. The van der Waals surface area contributed by atoms with Gasteiger partial charge >= 0.3 is 132 Å². The van der Waals surface area contributed by atoms with Gasteiger partial charge in [0.15, 0.2) is 0 Å². The summed E-state index contributed by atoms with van der Waals surface area (Å²) in [5, 5.41) is 2.03. The summed E-state index contributed by atoms with van der Waals surface area (Å²) in [5.74, 6) is 8.90. The van der Waals surface area contributed by atoms with Crippen molar-refractivity contribution in [2.24, 2.45) is 5.92 Å². The number of benzene rings is 4. The Balaban J connectivity index is 0.000000198. The largest absolute Gasteiger partial charge is 0.486 e. The minimum absolute atomic E-state index is 0. The molecule has 0 amide bonds. The number of fused-ring (bicyclic) bond motifs is 4. The Morgan fingerprint density at radius 1 is 0.815 bits per heavy atom. The number of aryl methyl sites for hydroxylation is 4. The number of hydrogen-bond acceptors (Lipinski definition) is 4. The number of para-hydroxylation sites is 2. The molecule has 7 heteroatoms. The predicted octanol–water partition coefficient (Wildman–Crippen LogP) is 11.7. The summed E-state index contributed by atoms with van der Waals surface area (Å²) in [6.45, 7) is 13.0. The molecule has 277 valence electrons. The van der Waals surface area contributed by atoms with E-state index < -0.39 is 13.3 Å². The normalized spacial score (nSPS) is 12.1. The van der Waals surface area contributed by atoms with E-state index in [4.69, 9.17) is 14.4 Å². The molecule has 1 atom stereocenters. The molecule has 0 saturated carbocycles.